The zero-order valence-corrected chi connectivity index (χ0v) is 13.3. The Hall–Kier alpha value is -3.28. The molecule has 0 aliphatic carbocycles. The molecule has 0 bridgehead atoms. The van der Waals surface area contributed by atoms with Crippen LogP contribution in [0, 0.1) is 0 Å². The van der Waals surface area contributed by atoms with Crippen molar-refractivity contribution in [3.05, 3.63) is 65.7 Å². The number of ether oxygens (including phenoxy) is 2. The molecule has 0 radical (unpaired) electrons. The van der Waals surface area contributed by atoms with Gasteiger partial charge in [-0.2, -0.15) is 5.10 Å². The van der Waals surface area contributed by atoms with Crippen molar-refractivity contribution in [1.29, 1.82) is 0 Å². The lowest BCUT2D eigenvalue weighted by molar-refractivity contribution is 0.249. The minimum Gasteiger partial charge on any atom is -0.493 e. The molecule has 0 saturated carbocycles. The molecule has 0 atom stereocenters. The summed E-state index contributed by atoms with van der Waals surface area (Å²) in [6, 6.07) is 14.6. The van der Waals surface area contributed by atoms with Crippen molar-refractivity contribution in [2.24, 2.45) is 10.8 Å². The summed E-state index contributed by atoms with van der Waals surface area (Å²) in [5, 5.41) is 3.70. The topological polar surface area (TPSA) is 85.9 Å². The van der Waals surface area contributed by atoms with Gasteiger partial charge in [-0.1, -0.05) is 36.4 Å². The van der Waals surface area contributed by atoms with Gasteiger partial charge >= 0.3 is 6.03 Å². The SMILES string of the molecule is COc1cc(C=NNC(N)=O)ccc1OCC=Cc1ccccc1. The lowest BCUT2D eigenvalue weighted by atomic mass is 10.2. The van der Waals surface area contributed by atoms with Crippen LogP contribution in [0.1, 0.15) is 11.1 Å². The van der Waals surface area contributed by atoms with Gasteiger partial charge in [-0.05, 0) is 35.4 Å². The van der Waals surface area contributed by atoms with Crippen LogP contribution < -0.4 is 20.6 Å². The van der Waals surface area contributed by atoms with Crippen LogP contribution in [0.25, 0.3) is 6.08 Å². The first-order valence-electron chi connectivity index (χ1n) is 7.30. The zero-order chi connectivity index (χ0) is 17.2. The van der Waals surface area contributed by atoms with Crippen LogP contribution in [0.2, 0.25) is 0 Å². The Kier molecular flexibility index (Phi) is 6.40. The Balaban J connectivity index is 1.96. The molecule has 0 saturated heterocycles. The molecular weight excluding hydrogens is 306 g/mol. The Labute approximate surface area is 140 Å². The van der Waals surface area contributed by atoms with E-state index >= 15 is 0 Å². The van der Waals surface area contributed by atoms with E-state index in [1.54, 1.807) is 25.3 Å². The number of rotatable bonds is 7. The molecule has 0 aliphatic rings. The van der Waals surface area contributed by atoms with Gasteiger partial charge in [0.2, 0.25) is 0 Å². The number of hydrogen-bond donors (Lipinski definition) is 2. The van der Waals surface area contributed by atoms with Crippen LogP contribution in [-0.4, -0.2) is 26.0 Å². The number of nitrogens with two attached hydrogens (primary N) is 1. The molecular formula is C18H19N3O3. The summed E-state index contributed by atoms with van der Waals surface area (Å²) in [6.45, 7) is 0.419. The van der Waals surface area contributed by atoms with Crippen molar-refractivity contribution in [1.82, 2.24) is 5.43 Å². The van der Waals surface area contributed by atoms with E-state index in [2.05, 4.69) is 10.5 Å². The van der Waals surface area contributed by atoms with E-state index in [1.165, 1.54) is 6.21 Å². The third-order valence-corrected chi connectivity index (χ3v) is 3.02. The van der Waals surface area contributed by atoms with Gasteiger partial charge in [-0.15, -0.1) is 0 Å². The number of carbonyl (C=O) groups is 1. The first kappa shape index (κ1) is 17.1. The molecule has 3 N–H and O–H groups in total. The van der Waals surface area contributed by atoms with Crippen molar-refractivity contribution in [2.75, 3.05) is 13.7 Å². The second kappa shape index (κ2) is 8.99. The van der Waals surface area contributed by atoms with Crippen LogP contribution >= 0.6 is 0 Å². The average Bonchev–Trinajstić information content (AvgIpc) is 2.60. The van der Waals surface area contributed by atoms with Crippen molar-refractivity contribution in [3.8, 4) is 11.5 Å². The lowest BCUT2D eigenvalue weighted by Crippen LogP contribution is -2.24. The molecule has 2 amide bonds. The van der Waals surface area contributed by atoms with Crippen molar-refractivity contribution in [3.63, 3.8) is 0 Å². The molecule has 2 aromatic carbocycles. The highest BCUT2D eigenvalue weighted by molar-refractivity contribution is 5.82. The number of nitrogens with zero attached hydrogens (tertiary/aromatic N) is 1. The van der Waals surface area contributed by atoms with Crippen LogP contribution in [0.15, 0.2) is 59.7 Å². The van der Waals surface area contributed by atoms with E-state index in [-0.39, 0.29) is 0 Å². The predicted molar refractivity (Wildman–Crippen MR) is 94.3 cm³/mol. The van der Waals surface area contributed by atoms with Crippen molar-refractivity contribution < 1.29 is 14.3 Å². The average molecular weight is 325 g/mol. The van der Waals surface area contributed by atoms with Gasteiger partial charge in [0.25, 0.3) is 0 Å². The summed E-state index contributed by atoms with van der Waals surface area (Å²) in [5.41, 5.74) is 8.92. The third kappa shape index (κ3) is 5.49. The third-order valence-electron chi connectivity index (χ3n) is 3.02. The standard InChI is InChI=1S/C18H19N3O3/c1-23-17-12-15(13-20-21-18(19)22)9-10-16(17)24-11-5-8-14-6-3-2-4-7-14/h2-10,12-13H,11H2,1H3,(H3,19,21,22). The first-order chi connectivity index (χ1) is 11.7. The second-order valence-corrected chi connectivity index (χ2v) is 4.77. The van der Waals surface area contributed by atoms with E-state index in [1.807, 2.05) is 42.5 Å². The first-order valence-corrected chi connectivity index (χ1v) is 7.30. The fourth-order valence-corrected chi connectivity index (χ4v) is 1.94. The van der Waals surface area contributed by atoms with Crippen LogP contribution in [0.4, 0.5) is 4.79 Å². The molecule has 0 aromatic heterocycles. The van der Waals surface area contributed by atoms with Gasteiger partial charge < -0.3 is 15.2 Å². The van der Waals surface area contributed by atoms with Gasteiger partial charge in [0.15, 0.2) is 11.5 Å². The monoisotopic (exact) mass is 325 g/mol. The maximum absolute atomic E-state index is 10.6. The number of hydrogen-bond acceptors (Lipinski definition) is 4. The van der Waals surface area contributed by atoms with E-state index in [0.29, 0.717) is 18.1 Å². The number of hydrazone groups is 1. The number of carbonyl (C=O) groups excluding carboxylic acids is 1. The van der Waals surface area contributed by atoms with Gasteiger partial charge in [0.1, 0.15) is 6.61 Å². The Morgan fingerprint density at radius 3 is 2.67 bits per heavy atom. The molecule has 24 heavy (non-hydrogen) atoms. The molecule has 0 spiro atoms. The minimum absolute atomic E-state index is 0.419. The van der Waals surface area contributed by atoms with E-state index in [4.69, 9.17) is 15.2 Å². The van der Waals surface area contributed by atoms with Crippen LogP contribution in [-0.2, 0) is 0 Å². The van der Waals surface area contributed by atoms with Gasteiger partial charge in [0, 0.05) is 0 Å². The molecule has 2 rings (SSSR count). The van der Waals surface area contributed by atoms with Crippen LogP contribution in [0.3, 0.4) is 0 Å². The number of benzene rings is 2. The molecule has 6 heteroatoms. The summed E-state index contributed by atoms with van der Waals surface area (Å²) in [6.07, 6.45) is 5.39. The van der Waals surface area contributed by atoms with E-state index in [0.717, 1.165) is 11.1 Å². The summed E-state index contributed by atoms with van der Waals surface area (Å²) < 4.78 is 11.0. The largest absolute Gasteiger partial charge is 0.493 e. The quantitative estimate of drug-likeness (QED) is 0.606. The second-order valence-electron chi connectivity index (χ2n) is 4.77. The van der Waals surface area contributed by atoms with Crippen LogP contribution in [0.5, 0.6) is 11.5 Å². The highest BCUT2D eigenvalue weighted by atomic mass is 16.5. The normalized spacial score (nSPS) is 10.9. The van der Waals surface area contributed by atoms with Crippen molar-refractivity contribution in [2.45, 2.75) is 0 Å². The number of urea groups is 1. The van der Waals surface area contributed by atoms with Crippen molar-refractivity contribution >= 4 is 18.3 Å². The van der Waals surface area contributed by atoms with Gasteiger partial charge in [0.05, 0.1) is 13.3 Å². The fourth-order valence-electron chi connectivity index (χ4n) is 1.94. The zero-order valence-electron chi connectivity index (χ0n) is 13.3. The van der Waals surface area contributed by atoms with Gasteiger partial charge in [-0.25, -0.2) is 10.2 Å². The minimum atomic E-state index is -0.719. The molecule has 6 nitrogen and oxygen atoms in total. The molecule has 124 valence electrons. The summed E-state index contributed by atoms with van der Waals surface area (Å²) in [4.78, 5) is 10.6. The number of methoxy groups -OCH3 is 1. The molecule has 0 aliphatic heterocycles. The van der Waals surface area contributed by atoms with E-state index in [9.17, 15) is 4.79 Å². The highest BCUT2D eigenvalue weighted by Gasteiger charge is 2.04. The Morgan fingerprint density at radius 2 is 1.96 bits per heavy atom. The number of nitrogens with one attached hydrogen (secondary N) is 1. The van der Waals surface area contributed by atoms with Gasteiger partial charge in [-0.3, -0.25) is 0 Å². The highest BCUT2D eigenvalue weighted by Crippen LogP contribution is 2.27. The molecule has 2 aromatic rings. The maximum Gasteiger partial charge on any atom is 0.332 e. The lowest BCUT2D eigenvalue weighted by Gasteiger charge is -2.09. The molecule has 0 fully saturated rings. The maximum atomic E-state index is 10.6. The fraction of sp³-hybridized carbons (Fsp3) is 0.111. The smallest absolute Gasteiger partial charge is 0.332 e. The summed E-state index contributed by atoms with van der Waals surface area (Å²) >= 11 is 0. The van der Waals surface area contributed by atoms with E-state index < -0.39 is 6.03 Å². The summed E-state index contributed by atoms with van der Waals surface area (Å²) in [5.74, 6) is 1.20. The number of amides is 2. The Morgan fingerprint density at radius 1 is 1.17 bits per heavy atom. The Bertz CT molecular complexity index is 728. The number of primary amides is 1. The summed E-state index contributed by atoms with van der Waals surface area (Å²) in [7, 11) is 1.56. The predicted octanol–water partition coefficient (Wildman–Crippen LogP) is 2.79. The molecule has 0 unspecified atom stereocenters. The molecule has 0 heterocycles.